The summed E-state index contributed by atoms with van der Waals surface area (Å²) in [5.41, 5.74) is 2.20. The SMILES string of the molecule is CC(CC(=O)NN)N1CCN(CC2CC2)CC1. The molecular weight excluding hydrogens is 216 g/mol. The number of nitrogens with two attached hydrogens (primary N) is 1. The Balaban J connectivity index is 1.68. The molecule has 5 heteroatoms. The lowest BCUT2D eigenvalue weighted by Gasteiger charge is -2.37. The van der Waals surface area contributed by atoms with Crippen LogP contribution in [0, 0.1) is 5.92 Å². The van der Waals surface area contributed by atoms with Crippen molar-refractivity contribution in [2.75, 3.05) is 32.7 Å². The van der Waals surface area contributed by atoms with Crippen LogP contribution in [0.4, 0.5) is 0 Å². The highest BCUT2D eigenvalue weighted by molar-refractivity contribution is 5.75. The molecule has 3 N–H and O–H groups in total. The maximum atomic E-state index is 11.2. The first-order chi connectivity index (χ1) is 8.19. The summed E-state index contributed by atoms with van der Waals surface area (Å²) in [5, 5.41) is 0. The number of amides is 1. The number of hydrogen-bond donors (Lipinski definition) is 2. The van der Waals surface area contributed by atoms with Crippen molar-refractivity contribution < 1.29 is 4.79 Å². The summed E-state index contributed by atoms with van der Waals surface area (Å²) in [6, 6.07) is 0.293. The minimum atomic E-state index is -0.0714. The van der Waals surface area contributed by atoms with Gasteiger partial charge in [0.2, 0.25) is 5.91 Å². The monoisotopic (exact) mass is 240 g/mol. The van der Waals surface area contributed by atoms with Crippen molar-refractivity contribution in [3.8, 4) is 0 Å². The highest BCUT2D eigenvalue weighted by Gasteiger charge is 2.27. The molecule has 2 fully saturated rings. The van der Waals surface area contributed by atoms with E-state index in [2.05, 4.69) is 22.1 Å². The molecule has 0 spiro atoms. The smallest absolute Gasteiger partial charge is 0.235 e. The van der Waals surface area contributed by atoms with Crippen LogP contribution in [0.1, 0.15) is 26.2 Å². The Hall–Kier alpha value is -0.650. The zero-order valence-electron chi connectivity index (χ0n) is 10.7. The zero-order valence-corrected chi connectivity index (χ0v) is 10.7. The van der Waals surface area contributed by atoms with Gasteiger partial charge in [-0.05, 0) is 25.7 Å². The van der Waals surface area contributed by atoms with Crippen LogP contribution < -0.4 is 11.3 Å². The quantitative estimate of drug-likeness (QED) is 0.396. The lowest BCUT2D eigenvalue weighted by Crippen LogP contribution is -2.51. The summed E-state index contributed by atoms with van der Waals surface area (Å²) in [6.07, 6.45) is 3.35. The van der Waals surface area contributed by atoms with Gasteiger partial charge in [0.1, 0.15) is 0 Å². The van der Waals surface area contributed by atoms with Crippen LogP contribution in [0.5, 0.6) is 0 Å². The third-order valence-corrected chi connectivity index (χ3v) is 3.89. The maximum Gasteiger partial charge on any atom is 0.235 e. The Bertz CT molecular complexity index is 259. The Labute approximate surface area is 103 Å². The van der Waals surface area contributed by atoms with E-state index in [0.717, 1.165) is 32.1 Å². The van der Waals surface area contributed by atoms with Gasteiger partial charge in [0.05, 0.1) is 0 Å². The highest BCUT2D eigenvalue weighted by atomic mass is 16.2. The average molecular weight is 240 g/mol. The number of rotatable bonds is 5. The zero-order chi connectivity index (χ0) is 12.3. The molecule has 1 heterocycles. The summed E-state index contributed by atoms with van der Waals surface area (Å²) in [7, 11) is 0. The van der Waals surface area contributed by atoms with Crippen molar-refractivity contribution in [3.05, 3.63) is 0 Å². The number of nitrogens with one attached hydrogen (secondary N) is 1. The van der Waals surface area contributed by atoms with E-state index in [1.54, 1.807) is 0 Å². The third-order valence-electron chi connectivity index (χ3n) is 3.89. The molecule has 1 saturated carbocycles. The summed E-state index contributed by atoms with van der Waals surface area (Å²) in [4.78, 5) is 16.2. The van der Waals surface area contributed by atoms with E-state index in [9.17, 15) is 4.79 Å². The van der Waals surface area contributed by atoms with Crippen LogP contribution in [-0.4, -0.2) is 54.5 Å². The van der Waals surface area contributed by atoms with Gasteiger partial charge in [0.15, 0.2) is 0 Å². The van der Waals surface area contributed by atoms with Crippen LogP contribution in [0.15, 0.2) is 0 Å². The first kappa shape index (κ1) is 12.8. The van der Waals surface area contributed by atoms with Gasteiger partial charge in [-0.1, -0.05) is 0 Å². The topological polar surface area (TPSA) is 61.6 Å². The van der Waals surface area contributed by atoms with Crippen molar-refractivity contribution in [2.24, 2.45) is 11.8 Å². The predicted octanol–water partition coefficient (Wildman–Crippen LogP) is -0.217. The molecule has 17 heavy (non-hydrogen) atoms. The van der Waals surface area contributed by atoms with Crippen LogP contribution >= 0.6 is 0 Å². The number of carbonyl (C=O) groups excluding carboxylic acids is 1. The number of carbonyl (C=O) groups is 1. The summed E-state index contributed by atoms with van der Waals surface area (Å²) in [6.45, 7) is 7.82. The summed E-state index contributed by atoms with van der Waals surface area (Å²) >= 11 is 0. The molecule has 1 saturated heterocycles. The summed E-state index contributed by atoms with van der Waals surface area (Å²) in [5.74, 6) is 6.01. The normalized spacial score (nSPS) is 24.6. The predicted molar refractivity (Wildman–Crippen MR) is 67.1 cm³/mol. The average Bonchev–Trinajstić information content (AvgIpc) is 3.13. The van der Waals surface area contributed by atoms with Gasteiger partial charge in [-0.25, -0.2) is 5.84 Å². The fourth-order valence-corrected chi connectivity index (χ4v) is 2.51. The lowest BCUT2D eigenvalue weighted by molar-refractivity contribution is -0.122. The van der Waals surface area contributed by atoms with Crippen molar-refractivity contribution in [3.63, 3.8) is 0 Å². The molecular formula is C12H24N4O. The largest absolute Gasteiger partial charge is 0.301 e. The molecule has 0 radical (unpaired) electrons. The number of hydrazine groups is 1. The second kappa shape index (κ2) is 5.80. The molecule has 1 amide bonds. The summed E-state index contributed by atoms with van der Waals surface area (Å²) < 4.78 is 0. The van der Waals surface area contributed by atoms with Crippen LogP contribution in [-0.2, 0) is 4.79 Å². The minimum Gasteiger partial charge on any atom is -0.301 e. The Morgan fingerprint density at radius 1 is 1.35 bits per heavy atom. The van der Waals surface area contributed by atoms with E-state index in [-0.39, 0.29) is 5.91 Å². The van der Waals surface area contributed by atoms with Gasteiger partial charge >= 0.3 is 0 Å². The van der Waals surface area contributed by atoms with Crippen LogP contribution in [0.3, 0.4) is 0 Å². The number of nitrogens with zero attached hydrogens (tertiary/aromatic N) is 2. The second-order valence-electron chi connectivity index (χ2n) is 5.40. The molecule has 0 aromatic rings. The number of hydrogen-bond acceptors (Lipinski definition) is 4. The third kappa shape index (κ3) is 3.94. The lowest BCUT2D eigenvalue weighted by atomic mass is 10.1. The van der Waals surface area contributed by atoms with Crippen molar-refractivity contribution in [2.45, 2.75) is 32.2 Å². The van der Waals surface area contributed by atoms with Gasteiger partial charge < -0.3 is 4.90 Å². The van der Waals surface area contributed by atoms with Crippen LogP contribution in [0.2, 0.25) is 0 Å². The first-order valence-corrected chi connectivity index (χ1v) is 6.65. The second-order valence-corrected chi connectivity index (χ2v) is 5.40. The van der Waals surface area contributed by atoms with E-state index < -0.39 is 0 Å². The Kier molecular flexibility index (Phi) is 4.36. The van der Waals surface area contributed by atoms with Crippen molar-refractivity contribution in [1.82, 2.24) is 15.2 Å². The van der Waals surface area contributed by atoms with Gasteiger partial charge in [-0.2, -0.15) is 0 Å². The molecule has 1 unspecified atom stereocenters. The van der Waals surface area contributed by atoms with Gasteiger partial charge in [0.25, 0.3) is 0 Å². The van der Waals surface area contributed by atoms with Gasteiger partial charge in [-0.3, -0.25) is 15.1 Å². The molecule has 98 valence electrons. The molecule has 0 aromatic heterocycles. The van der Waals surface area contributed by atoms with E-state index in [1.807, 2.05) is 0 Å². The minimum absolute atomic E-state index is 0.0714. The Morgan fingerprint density at radius 3 is 2.53 bits per heavy atom. The molecule has 1 atom stereocenters. The fourth-order valence-electron chi connectivity index (χ4n) is 2.51. The fraction of sp³-hybridized carbons (Fsp3) is 0.917. The number of piperazine rings is 1. The maximum absolute atomic E-state index is 11.2. The first-order valence-electron chi connectivity index (χ1n) is 6.65. The molecule has 2 rings (SSSR count). The molecule has 0 aromatic carbocycles. The Morgan fingerprint density at radius 2 is 2.00 bits per heavy atom. The molecule has 2 aliphatic rings. The van der Waals surface area contributed by atoms with E-state index >= 15 is 0 Å². The van der Waals surface area contributed by atoms with Gasteiger partial charge in [0, 0.05) is 45.2 Å². The molecule has 5 nitrogen and oxygen atoms in total. The molecule has 1 aliphatic carbocycles. The highest BCUT2D eigenvalue weighted by Crippen LogP contribution is 2.30. The van der Waals surface area contributed by atoms with E-state index in [1.165, 1.54) is 19.4 Å². The standard InChI is InChI=1S/C12H24N4O/c1-10(8-12(17)14-13)16-6-4-15(5-7-16)9-11-2-3-11/h10-11H,2-9,13H2,1H3,(H,14,17). The molecule has 0 bridgehead atoms. The van der Waals surface area contributed by atoms with E-state index in [4.69, 9.17) is 5.84 Å². The van der Waals surface area contributed by atoms with Gasteiger partial charge in [-0.15, -0.1) is 0 Å². The van der Waals surface area contributed by atoms with Crippen LogP contribution in [0.25, 0.3) is 0 Å². The van der Waals surface area contributed by atoms with Crippen molar-refractivity contribution >= 4 is 5.91 Å². The molecule has 1 aliphatic heterocycles. The van der Waals surface area contributed by atoms with E-state index in [0.29, 0.717) is 12.5 Å². The van der Waals surface area contributed by atoms with Crippen molar-refractivity contribution in [1.29, 1.82) is 0 Å².